The molecule has 7 heteroatoms. The third-order valence-electron chi connectivity index (χ3n) is 2.33. The predicted octanol–water partition coefficient (Wildman–Crippen LogP) is 3.23. The average Bonchev–Trinajstić information content (AvgIpc) is 2.72. The molecular formula is C12H13N5OS. The van der Waals surface area contributed by atoms with E-state index in [0.717, 1.165) is 17.3 Å². The highest BCUT2D eigenvalue weighted by Gasteiger charge is 2.09. The number of nitrogens with one attached hydrogen (secondary N) is 2. The number of benzene rings is 1. The van der Waals surface area contributed by atoms with Crippen molar-refractivity contribution in [3.8, 4) is 5.88 Å². The van der Waals surface area contributed by atoms with E-state index < -0.39 is 0 Å². The lowest BCUT2D eigenvalue weighted by atomic mass is 10.2. The van der Waals surface area contributed by atoms with Crippen LogP contribution in [0.1, 0.15) is 13.3 Å². The smallest absolute Gasteiger partial charge is 0.234 e. The number of para-hydroxylation sites is 1. The first-order chi connectivity index (χ1) is 9.22. The standard InChI is InChI=1S/C12H13N5OS/c1-2-7-13-16-12(19)17-15-10-8-5-3-4-6-9(8)14-11(10)18/h3-7,14,18H,2H2,1H3,(H,16,19)/b13-7+,17-15?. The van der Waals surface area contributed by atoms with Crippen molar-refractivity contribution >= 4 is 40.1 Å². The average molecular weight is 275 g/mol. The van der Waals surface area contributed by atoms with Crippen molar-refractivity contribution in [3.63, 3.8) is 0 Å². The van der Waals surface area contributed by atoms with Crippen LogP contribution in [-0.2, 0) is 0 Å². The van der Waals surface area contributed by atoms with Gasteiger partial charge in [0.15, 0.2) is 5.69 Å². The van der Waals surface area contributed by atoms with Crippen molar-refractivity contribution in [2.75, 3.05) is 0 Å². The first-order valence-corrected chi connectivity index (χ1v) is 6.16. The highest BCUT2D eigenvalue weighted by atomic mass is 32.1. The molecule has 0 fully saturated rings. The Labute approximate surface area is 115 Å². The minimum Gasteiger partial charge on any atom is -0.493 e. The highest BCUT2D eigenvalue weighted by Crippen LogP contribution is 2.34. The van der Waals surface area contributed by atoms with Crippen LogP contribution in [0.15, 0.2) is 39.6 Å². The fraction of sp³-hybridized carbons (Fsp3) is 0.167. The van der Waals surface area contributed by atoms with Gasteiger partial charge in [0.2, 0.25) is 11.0 Å². The lowest BCUT2D eigenvalue weighted by Gasteiger charge is -1.94. The summed E-state index contributed by atoms with van der Waals surface area (Å²) in [7, 11) is 0. The molecule has 0 aliphatic carbocycles. The summed E-state index contributed by atoms with van der Waals surface area (Å²) < 4.78 is 0. The summed E-state index contributed by atoms with van der Waals surface area (Å²) in [4.78, 5) is 2.81. The maximum absolute atomic E-state index is 9.76. The lowest BCUT2D eigenvalue weighted by Crippen LogP contribution is -2.11. The molecule has 2 rings (SSSR count). The molecule has 1 heterocycles. The summed E-state index contributed by atoms with van der Waals surface area (Å²) in [6.45, 7) is 1.96. The number of rotatable bonds is 3. The Bertz CT molecular complexity index is 647. The van der Waals surface area contributed by atoms with Gasteiger partial charge in [-0.25, -0.2) is 0 Å². The van der Waals surface area contributed by atoms with Crippen LogP contribution in [0, 0.1) is 0 Å². The fourth-order valence-electron chi connectivity index (χ4n) is 1.52. The van der Waals surface area contributed by atoms with E-state index in [1.807, 2.05) is 31.2 Å². The third-order valence-corrected chi connectivity index (χ3v) is 2.51. The summed E-state index contributed by atoms with van der Waals surface area (Å²) in [6.07, 6.45) is 2.47. The van der Waals surface area contributed by atoms with Gasteiger partial charge in [-0.2, -0.15) is 5.10 Å². The van der Waals surface area contributed by atoms with E-state index >= 15 is 0 Å². The number of thiocarbonyl (C=S) groups is 1. The maximum atomic E-state index is 9.76. The van der Waals surface area contributed by atoms with Crippen LogP contribution in [0.3, 0.4) is 0 Å². The van der Waals surface area contributed by atoms with Crippen molar-refractivity contribution in [1.29, 1.82) is 0 Å². The second kappa shape index (κ2) is 6.05. The summed E-state index contributed by atoms with van der Waals surface area (Å²) in [5, 5.41) is 22.2. The zero-order valence-electron chi connectivity index (χ0n) is 10.3. The monoisotopic (exact) mass is 275 g/mol. The van der Waals surface area contributed by atoms with Crippen molar-refractivity contribution in [2.45, 2.75) is 13.3 Å². The quantitative estimate of drug-likeness (QED) is 0.348. The molecule has 0 aliphatic rings. The number of hydrogen-bond acceptors (Lipinski definition) is 4. The van der Waals surface area contributed by atoms with Gasteiger partial charge >= 0.3 is 0 Å². The first kappa shape index (κ1) is 13.2. The van der Waals surface area contributed by atoms with Crippen LogP contribution in [0.25, 0.3) is 10.9 Å². The molecule has 0 atom stereocenters. The molecule has 98 valence electrons. The summed E-state index contributed by atoms with van der Waals surface area (Å²) in [5.74, 6) is -0.0372. The van der Waals surface area contributed by atoms with Gasteiger partial charge in [-0.3, -0.25) is 5.43 Å². The number of nitrogens with zero attached hydrogens (tertiary/aromatic N) is 3. The fourth-order valence-corrected chi connectivity index (χ4v) is 1.62. The van der Waals surface area contributed by atoms with Crippen LogP contribution in [0.4, 0.5) is 5.69 Å². The van der Waals surface area contributed by atoms with Gasteiger partial charge in [-0.15, -0.1) is 10.2 Å². The van der Waals surface area contributed by atoms with Crippen LogP contribution in [0.5, 0.6) is 5.88 Å². The van der Waals surface area contributed by atoms with Gasteiger partial charge in [0, 0.05) is 11.6 Å². The molecule has 0 bridgehead atoms. The molecule has 0 spiro atoms. The summed E-state index contributed by atoms with van der Waals surface area (Å²) in [6, 6.07) is 7.41. The van der Waals surface area contributed by atoms with Gasteiger partial charge in [0.1, 0.15) is 0 Å². The van der Waals surface area contributed by atoms with Gasteiger partial charge in [0.05, 0.1) is 5.52 Å². The number of H-pyrrole nitrogens is 1. The van der Waals surface area contributed by atoms with Crippen LogP contribution >= 0.6 is 12.2 Å². The zero-order chi connectivity index (χ0) is 13.7. The Hall–Kier alpha value is -2.28. The lowest BCUT2D eigenvalue weighted by molar-refractivity contribution is 0.459. The molecule has 0 unspecified atom stereocenters. The zero-order valence-corrected chi connectivity index (χ0v) is 11.1. The van der Waals surface area contributed by atoms with Crippen molar-refractivity contribution in [2.24, 2.45) is 15.3 Å². The molecule has 0 radical (unpaired) electrons. The van der Waals surface area contributed by atoms with E-state index in [4.69, 9.17) is 12.2 Å². The Morgan fingerprint density at radius 2 is 2.26 bits per heavy atom. The SMILES string of the molecule is CC/C=N/NC(=S)N=Nc1c(O)[nH]c2ccccc12. The minimum absolute atomic E-state index is 0.0372. The summed E-state index contributed by atoms with van der Waals surface area (Å²) >= 11 is 4.93. The van der Waals surface area contributed by atoms with Gasteiger partial charge in [0.25, 0.3) is 0 Å². The van der Waals surface area contributed by atoms with Gasteiger partial charge < -0.3 is 10.1 Å². The van der Waals surface area contributed by atoms with E-state index in [1.54, 1.807) is 6.21 Å². The molecule has 0 aliphatic heterocycles. The van der Waals surface area contributed by atoms with Crippen molar-refractivity contribution in [1.82, 2.24) is 10.4 Å². The van der Waals surface area contributed by atoms with Crippen LogP contribution in [-0.4, -0.2) is 21.4 Å². The normalized spacial score (nSPS) is 11.6. The topological polar surface area (TPSA) is 85.1 Å². The largest absolute Gasteiger partial charge is 0.493 e. The second-order valence-electron chi connectivity index (χ2n) is 3.70. The van der Waals surface area contributed by atoms with Gasteiger partial charge in [-0.05, 0) is 24.7 Å². The summed E-state index contributed by atoms with van der Waals surface area (Å²) in [5.41, 5.74) is 3.71. The Morgan fingerprint density at radius 3 is 3.05 bits per heavy atom. The van der Waals surface area contributed by atoms with Crippen molar-refractivity contribution in [3.05, 3.63) is 24.3 Å². The van der Waals surface area contributed by atoms with E-state index in [9.17, 15) is 5.11 Å². The highest BCUT2D eigenvalue weighted by molar-refractivity contribution is 7.80. The van der Waals surface area contributed by atoms with E-state index in [1.165, 1.54) is 0 Å². The van der Waals surface area contributed by atoms with E-state index in [0.29, 0.717) is 5.69 Å². The Balaban J connectivity index is 2.19. The third kappa shape index (κ3) is 3.14. The second-order valence-corrected chi connectivity index (χ2v) is 4.09. The van der Waals surface area contributed by atoms with E-state index in [2.05, 4.69) is 25.7 Å². The predicted molar refractivity (Wildman–Crippen MR) is 79.0 cm³/mol. The number of fused-ring (bicyclic) bond motifs is 1. The molecule has 6 nitrogen and oxygen atoms in total. The molecule has 0 saturated carbocycles. The Kier molecular flexibility index (Phi) is 4.19. The van der Waals surface area contributed by atoms with Crippen molar-refractivity contribution < 1.29 is 5.11 Å². The molecule has 3 N–H and O–H groups in total. The number of aromatic hydroxyl groups is 1. The minimum atomic E-state index is -0.0372. The van der Waals surface area contributed by atoms with Gasteiger partial charge in [-0.1, -0.05) is 25.1 Å². The Morgan fingerprint density at radius 1 is 1.47 bits per heavy atom. The molecule has 0 amide bonds. The maximum Gasteiger partial charge on any atom is 0.234 e. The number of aromatic nitrogens is 1. The molecule has 0 saturated heterocycles. The molecule has 1 aromatic heterocycles. The first-order valence-electron chi connectivity index (χ1n) is 5.75. The molecule has 1 aromatic carbocycles. The van der Waals surface area contributed by atoms with Crippen LogP contribution in [0.2, 0.25) is 0 Å². The molecule has 19 heavy (non-hydrogen) atoms. The number of azo groups is 1. The molecular weight excluding hydrogens is 262 g/mol. The number of hydrazone groups is 1. The number of hydrogen-bond donors (Lipinski definition) is 3. The molecule has 2 aromatic rings. The van der Waals surface area contributed by atoms with E-state index in [-0.39, 0.29) is 11.0 Å². The number of aromatic amines is 1. The van der Waals surface area contributed by atoms with Crippen LogP contribution < -0.4 is 5.43 Å².